The van der Waals surface area contributed by atoms with Gasteiger partial charge in [0, 0.05) is 19.1 Å². The third-order valence-corrected chi connectivity index (χ3v) is 1.70. The molecule has 0 aliphatic rings. The summed E-state index contributed by atoms with van der Waals surface area (Å²) in [5.74, 6) is 0.467. The Labute approximate surface area is 76.8 Å². The number of nitrogens with zero attached hydrogens (tertiary/aromatic N) is 1. The monoisotopic (exact) mass is 183 g/mol. The van der Waals surface area contributed by atoms with Gasteiger partial charge in [0.2, 0.25) is 5.88 Å². The zero-order valence-electron chi connectivity index (χ0n) is 7.47. The highest BCUT2D eigenvalue weighted by atomic mass is 16.5. The maximum atomic E-state index is 9.46. The van der Waals surface area contributed by atoms with Crippen molar-refractivity contribution in [2.24, 2.45) is 0 Å². The van der Waals surface area contributed by atoms with Crippen molar-refractivity contribution in [1.29, 1.82) is 0 Å². The van der Waals surface area contributed by atoms with Gasteiger partial charge in [-0.3, -0.25) is 0 Å². The molecule has 13 heavy (non-hydrogen) atoms. The lowest BCUT2D eigenvalue weighted by atomic mass is 10.2. The molecule has 4 nitrogen and oxygen atoms in total. The van der Waals surface area contributed by atoms with Gasteiger partial charge in [-0.15, -0.1) is 0 Å². The molecule has 1 aromatic rings. The smallest absolute Gasteiger partial charge is 0.213 e. The zero-order chi connectivity index (χ0) is 9.68. The topological polar surface area (TPSA) is 62.6 Å². The van der Waals surface area contributed by atoms with Crippen molar-refractivity contribution in [3.63, 3.8) is 0 Å². The molecule has 0 aliphatic heterocycles. The summed E-state index contributed by atoms with van der Waals surface area (Å²) in [4.78, 5) is 4.03. The highest BCUT2D eigenvalue weighted by Crippen LogP contribution is 2.16. The number of aromatic nitrogens is 1. The zero-order valence-corrected chi connectivity index (χ0v) is 7.47. The lowest BCUT2D eigenvalue weighted by Crippen LogP contribution is -2.03. The van der Waals surface area contributed by atoms with E-state index in [1.54, 1.807) is 18.2 Å². The summed E-state index contributed by atoms with van der Waals surface area (Å²) in [7, 11) is 1.52. The first-order valence-electron chi connectivity index (χ1n) is 4.07. The SMILES string of the molecule is COc1cccc(C(O)CCO)n1. The van der Waals surface area contributed by atoms with Crippen LogP contribution < -0.4 is 4.74 Å². The molecule has 0 radical (unpaired) electrons. The Bertz CT molecular complexity index is 265. The van der Waals surface area contributed by atoms with E-state index in [2.05, 4.69) is 4.98 Å². The Morgan fingerprint density at radius 1 is 1.54 bits per heavy atom. The predicted molar refractivity (Wildman–Crippen MR) is 47.5 cm³/mol. The highest BCUT2D eigenvalue weighted by Gasteiger charge is 2.08. The first-order chi connectivity index (χ1) is 6.27. The number of pyridine rings is 1. The van der Waals surface area contributed by atoms with Crippen LogP contribution in [0.15, 0.2) is 18.2 Å². The molecule has 72 valence electrons. The van der Waals surface area contributed by atoms with Gasteiger partial charge in [-0.05, 0) is 6.07 Å². The summed E-state index contributed by atoms with van der Waals surface area (Å²) in [6.07, 6.45) is -0.430. The molecule has 0 aliphatic carbocycles. The van der Waals surface area contributed by atoms with Crippen LogP contribution in [0, 0.1) is 0 Å². The average molecular weight is 183 g/mol. The van der Waals surface area contributed by atoms with Gasteiger partial charge in [0.1, 0.15) is 0 Å². The molecular weight excluding hydrogens is 170 g/mol. The van der Waals surface area contributed by atoms with Crippen LogP contribution in [-0.4, -0.2) is 28.9 Å². The van der Waals surface area contributed by atoms with E-state index in [1.807, 2.05) is 0 Å². The van der Waals surface area contributed by atoms with Crippen molar-refractivity contribution in [3.8, 4) is 5.88 Å². The minimum absolute atomic E-state index is 0.0555. The van der Waals surface area contributed by atoms with Gasteiger partial charge in [0.25, 0.3) is 0 Å². The van der Waals surface area contributed by atoms with Crippen LogP contribution in [0.1, 0.15) is 18.2 Å². The fourth-order valence-electron chi connectivity index (χ4n) is 1.00. The number of hydrogen-bond acceptors (Lipinski definition) is 4. The number of aliphatic hydroxyl groups excluding tert-OH is 2. The fourth-order valence-corrected chi connectivity index (χ4v) is 1.00. The van der Waals surface area contributed by atoms with Gasteiger partial charge < -0.3 is 14.9 Å². The fraction of sp³-hybridized carbons (Fsp3) is 0.444. The molecule has 2 N–H and O–H groups in total. The van der Waals surface area contributed by atoms with E-state index in [0.717, 1.165) is 0 Å². The van der Waals surface area contributed by atoms with Crippen molar-refractivity contribution in [3.05, 3.63) is 23.9 Å². The van der Waals surface area contributed by atoms with Crippen LogP contribution in [-0.2, 0) is 0 Å². The third kappa shape index (κ3) is 2.68. The number of methoxy groups -OCH3 is 1. The van der Waals surface area contributed by atoms with E-state index in [9.17, 15) is 5.11 Å². The maximum absolute atomic E-state index is 9.46. The Morgan fingerprint density at radius 3 is 2.92 bits per heavy atom. The molecule has 1 atom stereocenters. The van der Waals surface area contributed by atoms with Crippen LogP contribution >= 0.6 is 0 Å². The number of aliphatic hydroxyl groups is 2. The summed E-state index contributed by atoms with van der Waals surface area (Å²) in [5.41, 5.74) is 0.522. The first kappa shape index (κ1) is 9.95. The molecule has 0 spiro atoms. The average Bonchev–Trinajstić information content (AvgIpc) is 2.18. The Kier molecular flexibility index (Phi) is 3.67. The van der Waals surface area contributed by atoms with Crippen molar-refractivity contribution >= 4 is 0 Å². The van der Waals surface area contributed by atoms with Gasteiger partial charge in [-0.25, -0.2) is 4.98 Å². The lowest BCUT2D eigenvalue weighted by Gasteiger charge is -2.08. The molecule has 4 heteroatoms. The highest BCUT2D eigenvalue weighted by molar-refractivity contribution is 5.17. The van der Waals surface area contributed by atoms with E-state index < -0.39 is 6.10 Å². The van der Waals surface area contributed by atoms with Crippen LogP contribution in [0.2, 0.25) is 0 Å². The molecule has 0 bridgehead atoms. The van der Waals surface area contributed by atoms with Crippen molar-refractivity contribution in [2.45, 2.75) is 12.5 Å². The molecule has 1 unspecified atom stereocenters. The largest absolute Gasteiger partial charge is 0.481 e. The van der Waals surface area contributed by atoms with E-state index in [4.69, 9.17) is 9.84 Å². The van der Waals surface area contributed by atoms with Crippen LogP contribution in [0.4, 0.5) is 0 Å². The second-order valence-corrected chi connectivity index (χ2v) is 2.63. The summed E-state index contributed by atoms with van der Waals surface area (Å²) >= 11 is 0. The van der Waals surface area contributed by atoms with Gasteiger partial charge in [0.05, 0.1) is 18.9 Å². The van der Waals surface area contributed by atoms with Crippen LogP contribution in [0.3, 0.4) is 0 Å². The first-order valence-corrected chi connectivity index (χ1v) is 4.07. The summed E-state index contributed by atoms with van der Waals surface area (Å²) in [5, 5.41) is 18.1. The quantitative estimate of drug-likeness (QED) is 0.713. The van der Waals surface area contributed by atoms with Gasteiger partial charge in [-0.1, -0.05) is 6.07 Å². The molecule has 0 fully saturated rings. The maximum Gasteiger partial charge on any atom is 0.213 e. The predicted octanol–water partition coefficient (Wildman–Crippen LogP) is 0.506. The van der Waals surface area contributed by atoms with Crippen LogP contribution in [0.5, 0.6) is 5.88 Å². The second kappa shape index (κ2) is 4.79. The van der Waals surface area contributed by atoms with Crippen molar-refractivity contribution in [1.82, 2.24) is 4.98 Å². The van der Waals surface area contributed by atoms with E-state index in [1.165, 1.54) is 7.11 Å². The Morgan fingerprint density at radius 2 is 2.31 bits per heavy atom. The third-order valence-electron chi connectivity index (χ3n) is 1.70. The lowest BCUT2D eigenvalue weighted by molar-refractivity contribution is 0.130. The molecule has 0 aromatic carbocycles. The molecule has 0 amide bonds. The summed E-state index contributed by atoms with van der Waals surface area (Å²) in [6.45, 7) is -0.0555. The van der Waals surface area contributed by atoms with Gasteiger partial charge >= 0.3 is 0 Å². The molecule has 1 aromatic heterocycles. The standard InChI is InChI=1S/C9H13NO3/c1-13-9-4-2-3-7(10-9)8(12)5-6-11/h2-4,8,11-12H,5-6H2,1H3. The molecule has 1 rings (SSSR count). The molecule has 0 saturated carbocycles. The molecule has 1 heterocycles. The van der Waals surface area contributed by atoms with Crippen molar-refractivity contribution < 1.29 is 14.9 Å². The minimum Gasteiger partial charge on any atom is -0.481 e. The van der Waals surface area contributed by atoms with Gasteiger partial charge in [0.15, 0.2) is 0 Å². The number of hydrogen-bond donors (Lipinski definition) is 2. The Hall–Kier alpha value is -1.13. The van der Waals surface area contributed by atoms with Gasteiger partial charge in [-0.2, -0.15) is 0 Å². The summed E-state index contributed by atoms with van der Waals surface area (Å²) in [6, 6.07) is 5.15. The van der Waals surface area contributed by atoms with E-state index in [-0.39, 0.29) is 6.61 Å². The Balaban J connectivity index is 2.75. The molecule has 0 saturated heterocycles. The van der Waals surface area contributed by atoms with E-state index >= 15 is 0 Å². The normalized spacial score (nSPS) is 12.5. The molecular formula is C9H13NO3. The summed E-state index contributed by atoms with van der Waals surface area (Å²) < 4.78 is 4.90. The minimum atomic E-state index is -0.722. The second-order valence-electron chi connectivity index (χ2n) is 2.63. The van der Waals surface area contributed by atoms with Crippen LogP contribution in [0.25, 0.3) is 0 Å². The van der Waals surface area contributed by atoms with E-state index in [0.29, 0.717) is 18.0 Å². The number of ether oxygens (including phenoxy) is 1. The number of rotatable bonds is 4. The van der Waals surface area contributed by atoms with Crippen molar-refractivity contribution in [2.75, 3.05) is 13.7 Å².